The van der Waals surface area contributed by atoms with Gasteiger partial charge in [0.2, 0.25) is 0 Å². The van der Waals surface area contributed by atoms with Crippen molar-refractivity contribution < 1.29 is 0 Å². The Kier molecular flexibility index (Phi) is 4.66. The van der Waals surface area contributed by atoms with E-state index in [1.54, 1.807) is 0 Å². The highest BCUT2D eigenvalue weighted by Gasteiger charge is 2.24. The lowest BCUT2D eigenvalue weighted by atomic mass is 9.85. The normalized spacial score (nSPS) is 32.4. The highest BCUT2D eigenvalue weighted by atomic mass is 15.1. The summed E-state index contributed by atoms with van der Waals surface area (Å²) in [5.41, 5.74) is 0. The van der Waals surface area contributed by atoms with E-state index < -0.39 is 0 Å². The fraction of sp³-hybridized carbons (Fsp3) is 1.00. The lowest BCUT2D eigenvalue weighted by Gasteiger charge is -2.32. The number of nitrogens with zero attached hydrogens (tertiary/aromatic N) is 1. The molecule has 0 aliphatic heterocycles. The zero-order chi connectivity index (χ0) is 11.4. The Bertz CT molecular complexity index is 189. The lowest BCUT2D eigenvalue weighted by Crippen LogP contribution is -2.40. The fourth-order valence-electron chi connectivity index (χ4n) is 3.45. The van der Waals surface area contributed by atoms with Gasteiger partial charge in [0.25, 0.3) is 0 Å². The first-order chi connectivity index (χ1) is 7.74. The molecule has 2 heteroatoms. The Morgan fingerprint density at radius 1 is 0.875 bits per heavy atom. The fourth-order valence-corrected chi connectivity index (χ4v) is 3.45. The second-order valence-electron chi connectivity index (χ2n) is 6.13. The van der Waals surface area contributed by atoms with Crippen molar-refractivity contribution >= 4 is 0 Å². The van der Waals surface area contributed by atoms with E-state index in [0.29, 0.717) is 0 Å². The first-order valence-electron chi connectivity index (χ1n) is 7.15. The van der Waals surface area contributed by atoms with E-state index in [9.17, 15) is 0 Å². The number of hydrogen-bond donors (Lipinski definition) is 1. The molecule has 2 aliphatic carbocycles. The van der Waals surface area contributed by atoms with Crippen LogP contribution < -0.4 is 5.32 Å². The van der Waals surface area contributed by atoms with E-state index >= 15 is 0 Å². The van der Waals surface area contributed by atoms with Gasteiger partial charge >= 0.3 is 0 Å². The van der Waals surface area contributed by atoms with E-state index in [4.69, 9.17) is 0 Å². The molecule has 16 heavy (non-hydrogen) atoms. The van der Waals surface area contributed by atoms with Crippen LogP contribution >= 0.6 is 0 Å². The average Bonchev–Trinajstić information content (AvgIpc) is 2.73. The van der Waals surface area contributed by atoms with Crippen LogP contribution in [-0.4, -0.2) is 37.6 Å². The van der Waals surface area contributed by atoms with Crippen molar-refractivity contribution in [3.63, 3.8) is 0 Å². The van der Waals surface area contributed by atoms with Crippen LogP contribution in [0.25, 0.3) is 0 Å². The van der Waals surface area contributed by atoms with Crippen molar-refractivity contribution in [3.05, 3.63) is 0 Å². The quantitative estimate of drug-likeness (QED) is 0.790. The van der Waals surface area contributed by atoms with Gasteiger partial charge in [-0.05, 0) is 58.5 Å². The smallest absolute Gasteiger partial charge is 0.00698 e. The average molecular weight is 224 g/mol. The van der Waals surface area contributed by atoms with Gasteiger partial charge in [-0.1, -0.05) is 12.8 Å². The molecule has 2 rings (SSSR count). The first-order valence-corrected chi connectivity index (χ1v) is 7.15. The zero-order valence-corrected chi connectivity index (χ0v) is 11.0. The molecule has 94 valence electrons. The number of rotatable bonds is 4. The van der Waals surface area contributed by atoms with Crippen LogP contribution in [0.2, 0.25) is 0 Å². The molecule has 2 fully saturated rings. The van der Waals surface area contributed by atoms with Gasteiger partial charge in [-0.3, -0.25) is 0 Å². The van der Waals surface area contributed by atoms with Gasteiger partial charge in [-0.15, -0.1) is 0 Å². The third-order valence-electron chi connectivity index (χ3n) is 4.30. The summed E-state index contributed by atoms with van der Waals surface area (Å²) < 4.78 is 0. The molecular weight excluding hydrogens is 196 g/mol. The van der Waals surface area contributed by atoms with Crippen LogP contribution in [-0.2, 0) is 0 Å². The highest BCUT2D eigenvalue weighted by Crippen LogP contribution is 2.27. The molecule has 0 unspecified atom stereocenters. The Morgan fingerprint density at radius 3 is 2.00 bits per heavy atom. The van der Waals surface area contributed by atoms with E-state index in [2.05, 4.69) is 24.3 Å². The van der Waals surface area contributed by atoms with Crippen LogP contribution in [0.5, 0.6) is 0 Å². The molecular formula is C14H28N2. The predicted octanol–water partition coefficient (Wildman–Crippen LogP) is 2.64. The summed E-state index contributed by atoms with van der Waals surface area (Å²) in [5, 5.41) is 3.88. The second-order valence-corrected chi connectivity index (χ2v) is 6.13. The van der Waals surface area contributed by atoms with Crippen LogP contribution in [0.15, 0.2) is 0 Å². The number of nitrogens with one attached hydrogen (secondary N) is 1. The standard InChI is InChI=1S/C14H28N2/c1-16(2)11-12-7-9-14(10-8-12)15-13-5-3-4-6-13/h12-15H,3-11H2,1-2H3. The van der Waals surface area contributed by atoms with Gasteiger partial charge in [-0.2, -0.15) is 0 Å². The van der Waals surface area contributed by atoms with E-state index in [-0.39, 0.29) is 0 Å². The van der Waals surface area contributed by atoms with Crippen molar-refractivity contribution in [3.8, 4) is 0 Å². The molecule has 0 spiro atoms. The topological polar surface area (TPSA) is 15.3 Å². The molecule has 0 aromatic carbocycles. The third-order valence-corrected chi connectivity index (χ3v) is 4.30. The minimum Gasteiger partial charge on any atom is -0.311 e. The second kappa shape index (κ2) is 6.02. The van der Waals surface area contributed by atoms with Gasteiger partial charge in [0, 0.05) is 18.6 Å². The van der Waals surface area contributed by atoms with E-state index in [0.717, 1.165) is 18.0 Å². The molecule has 2 saturated carbocycles. The Balaban J connectivity index is 1.64. The minimum absolute atomic E-state index is 0.835. The minimum atomic E-state index is 0.835. The maximum absolute atomic E-state index is 3.88. The zero-order valence-electron chi connectivity index (χ0n) is 11.0. The van der Waals surface area contributed by atoms with Gasteiger partial charge in [0.1, 0.15) is 0 Å². The summed E-state index contributed by atoms with van der Waals surface area (Å²) in [5.74, 6) is 0.955. The van der Waals surface area contributed by atoms with Crippen molar-refractivity contribution in [1.29, 1.82) is 0 Å². The van der Waals surface area contributed by atoms with E-state index in [1.807, 2.05) is 0 Å². The molecule has 0 heterocycles. The summed E-state index contributed by atoms with van der Waals surface area (Å²) in [6.45, 7) is 1.29. The van der Waals surface area contributed by atoms with Gasteiger partial charge in [0.05, 0.1) is 0 Å². The molecule has 0 radical (unpaired) electrons. The molecule has 0 saturated heterocycles. The lowest BCUT2D eigenvalue weighted by molar-refractivity contribution is 0.226. The molecule has 2 aliphatic rings. The maximum atomic E-state index is 3.88. The van der Waals surface area contributed by atoms with Crippen LogP contribution in [0.1, 0.15) is 51.4 Å². The van der Waals surface area contributed by atoms with Crippen molar-refractivity contribution in [2.45, 2.75) is 63.5 Å². The van der Waals surface area contributed by atoms with Crippen LogP contribution in [0.4, 0.5) is 0 Å². The summed E-state index contributed by atoms with van der Waals surface area (Å²) in [4.78, 5) is 2.34. The van der Waals surface area contributed by atoms with Gasteiger partial charge in [-0.25, -0.2) is 0 Å². The molecule has 0 bridgehead atoms. The van der Waals surface area contributed by atoms with Crippen LogP contribution in [0.3, 0.4) is 0 Å². The summed E-state index contributed by atoms with van der Waals surface area (Å²) >= 11 is 0. The van der Waals surface area contributed by atoms with Gasteiger partial charge < -0.3 is 10.2 Å². The van der Waals surface area contributed by atoms with Gasteiger partial charge in [0.15, 0.2) is 0 Å². The summed E-state index contributed by atoms with van der Waals surface area (Å²) in [6, 6.07) is 1.69. The Hall–Kier alpha value is -0.0800. The third kappa shape index (κ3) is 3.74. The van der Waals surface area contributed by atoms with Crippen LogP contribution in [0, 0.1) is 5.92 Å². The Labute approximate surface area is 101 Å². The predicted molar refractivity (Wildman–Crippen MR) is 69.7 cm³/mol. The van der Waals surface area contributed by atoms with Crippen molar-refractivity contribution in [2.24, 2.45) is 5.92 Å². The molecule has 0 amide bonds. The highest BCUT2D eigenvalue weighted by molar-refractivity contribution is 4.83. The van der Waals surface area contributed by atoms with Crippen molar-refractivity contribution in [1.82, 2.24) is 10.2 Å². The van der Waals surface area contributed by atoms with E-state index in [1.165, 1.54) is 57.9 Å². The number of hydrogen-bond acceptors (Lipinski definition) is 2. The summed E-state index contributed by atoms with van der Waals surface area (Å²) in [6.07, 6.45) is 11.5. The Morgan fingerprint density at radius 2 is 1.44 bits per heavy atom. The molecule has 2 nitrogen and oxygen atoms in total. The van der Waals surface area contributed by atoms with Crippen molar-refractivity contribution in [2.75, 3.05) is 20.6 Å². The first kappa shape index (κ1) is 12.4. The molecule has 0 aromatic heterocycles. The SMILES string of the molecule is CN(C)CC1CCC(NC2CCCC2)CC1. The summed E-state index contributed by atoms with van der Waals surface area (Å²) in [7, 11) is 4.39. The maximum Gasteiger partial charge on any atom is 0.00698 e. The molecule has 1 N–H and O–H groups in total. The largest absolute Gasteiger partial charge is 0.311 e. The molecule has 0 aromatic rings. The molecule has 0 atom stereocenters. The monoisotopic (exact) mass is 224 g/mol.